The Balaban J connectivity index is 2.22. The number of hydrogen-bond acceptors (Lipinski definition) is 8. The van der Waals surface area contributed by atoms with E-state index in [9.17, 15) is 29.1 Å². The van der Waals surface area contributed by atoms with Gasteiger partial charge in [-0.15, -0.1) is 0 Å². The molecule has 2 amide bonds. The number of Topliss-reactive ketones (excluding diaryl/α,β-unsaturated/α-hetero) is 2. The van der Waals surface area contributed by atoms with Gasteiger partial charge >= 0.3 is 5.97 Å². The zero-order chi connectivity index (χ0) is 45.8. The van der Waals surface area contributed by atoms with Crippen molar-refractivity contribution in [1.29, 1.82) is 0 Å². The largest absolute Gasteiger partial charge is 0.481 e. The molecule has 0 spiro atoms. The topological polar surface area (TPSA) is 134 Å². The highest BCUT2D eigenvalue weighted by molar-refractivity contribution is 5.90. The number of nitrogens with zero attached hydrogens (tertiary/aromatic N) is 3. The first kappa shape index (κ1) is 54.0. The minimum Gasteiger partial charge on any atom is -0.481 e. The maximum atomic E-state index is 14.6. The number of hydrogen-bond donors (Lipinski definition) is 1. The molecule has 1 heterocycles. The van der Waals surface area contributed by atoms with Crippen LogP contribution >= 0.6 is 0 Å². The van der Waals surface area contributed by atoms with Gasteiger partial charge in [-0.05, 0) is 62.6 Å². The van der Waals surface area contributed by atoms with Gasteiger partial charge in [0.2, 0.25) is 11.8 Å². The molecule has 0 saturated carbocycles. The van der Waals surface area contributed by atoms with Gasteiger partial charge in [0.15, 0.2) is 5.78 Å². The number of unbranched alkanes of at least 4 members (excludes halogenated alkanes) is 6. The Morgan fingerprint density at radius 2 is 1.43 bits per heavy atom. The molecule has 0 aliphatic carbocycles. The number of carbonyl (C=O) groups excluding carboxylic acids is 4. The van der Waals surface area contributed by atoms with Crippen molar-refractivity contribution in [3.8, 4) is 0 Å². The number of aliphatic carboxylic acids is 1. The fraction of sp³-hybridized carbons (Fsp3) is 0.780. The van der Waals surface area contributed by atoms with Gasteiger partial charge in [-0.2, -0.15) is 0 Å². The Morgan fingerprint density at radius 3 is 1.97 bits per heavy atom. The lowest BCUT2D eigenvalue weighted by Crippen LogP contribution is -2.54. The van der Waals surface area contributed by atoms with Crippen molar-refractivity contribution in [3.63, 3.8) is 0 Å². The summed E-state index contributed by atoms with van der Waals surface area (Å²) in [5, 5.41) is 9.99. The van der Waals surface area contributed by atoms with E-state index in [1.807, 2.05) is 51.2 Å². The summed E-state index contributed by atoms with van der Waals surface area (Å²) >= 11 is 0. The van der Waals surface area contributed by atoms with Crippen LogP contribution in [0.4, 0.5) is 0 Å². The third-order valence-electron chi connectivity index (χ3n) is 13.6. The van der Waals surface area contributed by atoms with Crippen LogP contribution in [0.15, 0.2) is 30.3 Å². The third-order valence-corrected chi connectivity index (χ3v) is 13.6. The normalized spacial score (nSPS) is 18.4. The first-order valence-electron chi connectivity index (χ1n) is 23.6. The quantitative estimate of drug-likeness (QED) is 0.0728. The minimum absolute atomic E-state index is 0.0106. The number of amides is 2. The monoisotopic (exact) mass is 856 g/mol. The summed E-state index contributed by atoms with van der Waals surface area (Å²) in [5.41, 5.74) is 0.854. The van der Waals surface area contributed by atoms with E-state index in [1.54, 1.807) is 38.0 Å². The highest BCUT2D eigenvalue weighted by Gasteiger charge is 2.43. The van der Waals surface area contributed by atoms with Gasteiger partial charge in [0.1, 0.15) is 5.78 Å². The Labute approximate surface area is 370 Å². The third kappa shape index (κ3) is 16.5. The highest BCUT2D eigenvalue weighted by atomic mass is 16.5. The van der Waals surface area contributed by atoms with E-state index in [4.69, 9.17) is 9.47 Å². The minimum atomic E-state index is -1.02. The van der Waals surface area contributed by atoms with E-state index in [0.717, 1.165) is 37.8 Å². The van der Waals surface area contributed by atoms with Gasteiger partial charge in [0, 0.05) is 52.5 Å². The predicted octanol–water partition coefficient (Wildman–Crippen LogP) is 8.75. The van der Waals surface area contributed by atoms with E-state index in [-0.39, 0.29) is 78.9 Å². The van der Waals surface area contributed by atoms with Crippen molar-refractivity contribution in [2.24, 2.45) is 35.5 Å². The molecule has 9 atom stereocenters. The molecule has 1 aromatic carbocycles. The summed E-state index contributed by atoms with van der Waals surface area (Å²) < 4.78 is 12.1. The molecular formula is C50H85N3O8. The van der Waals surface area contributed by atoms with Gasteiger partial charge in [0.25, 0.3) is 0 Å². The molecule has 11 heteroatoms. The Kier molecular flexibility index (Phi) is 24.6. The van der Waals surface area contributed by atoms with Gasteiger partial charge < -0.3 is 24.4 Å². The van der Waals surface area contributed by atoms with Gasteiger partial charge in [0.05, 0.1) is 42.7 Å². The molecule has 61 heavy (non-hydrogen) atoms. The molecule has 0 unspecified atom stereocenters. The number of ether oxygens (including phenoxy) is 2. The second kappa shape index (κ2) is 27.8. The van der Waals surface area contributed by atoms with Crippen LogP contribution in [0, 0.1) is 35.5 Å². The zero-order valence-corrected chi connectivity index (χ0v) is 40.2. The number of carboxylic acids is 1. The Hall–Kier alpha value is -3.15. The lowest BCUT2D eigenvalue weighted by atomic mass is 9.83. The van der Waals surface area contributed by atoms with Gasteiger partial charge in [-0.1, -0.05) is 131 Å². The van der Waals surface area contributed by atoms with Crippen LogP contribution in [0.5, 0.6) is 0 Å². The van der Waals surface area contributed by atoms with Crippen LogP contribution in [-0.4, -0.2) is 121 Å². The zero-order valence-electron chi connectivity index (χ0n) is 40.2. The van der Waals surface area contributed by atoms with Gasteiger partial charge in [-0.25, -0.2) is 0 Å². The number of rotatable bonds is 31. The van der Waals surface area contributed by atoms with Crippen molar-refractivity contribution in [1.82, 2.24) is 14.7 Å². The number of methoxy groups -OCH3 is 2. The molecule has 11 nitrogen and oxygen atoms in total. The van der Waals surface area contributed by atoms with E-state index >= 15 is 0 Å². The predicted molar refractivity (Wildman–Crippen MR) is 244 cm³/mol. The molecule has 1 aliphatic rings. The molecule has 1 fully saturated rings. The van der Waals surface area contributed by atoms with Crippen molar-refractivity contribution in [2.45, 2.75) is 176 Å². The van der Waals surface area contributed by atoms with E-state index in [2.05, 4.69) is 39.5 Å². The molecule has 0 aromatic heterocycles. The fourth-order valence-corrected chi connectivity index (χ4v) is 9.71. The average Bonchev–Trinajstić information content (AvgIpc) is 3.71. The molecule has 348 valence electrons. The van der Waals surface area contributed by atoms with Crippen LogP contribution in [0.1, 0.15) is 144 Å². The summed E-state index contributed by atoms with van der Waals surface area (Å²) in [7, 11) is 6.95. The molecule has 1 aromatic rings. The first-order valence-corrected chi connectivity index (χ1v) is 23.6. The van der Waals surface area contributed by atoms with Crippen molar-refractivity contribution in [2.75, 3.05) is 41.4 Å². The van der Waals surface area contributed by atoms with E-state index in [1.165, 1.54) is 32.1 Å². The molecule has 0 radical (unpaired) electrons. The van der Waals surface area contributed by atoms with Crippen LogP contribution in [0.25, 0.3) is 0 Å². The van der Waals surface area contributed by atoms with Crippen molar-refractivity contribution >= 4 is 29.4 Å². The molecule has 2 rings (SSSR count). The van der Waals surface area contributed by atoms with Crippen LogP contribution in [-0.2, 0) is 39.9 Å². The second-order valence-electron chi connectivity index (χ2n) is 18.8. The maximum absolute atomic E-state index is 14.6. The lowest BCUT2D eigenvalue weighted by molar-refractivity contribution is -0.149. The summed E-state index contributed by atoms with van der Waals surface area (Å²) in [6, 6.07) is 8.22. The molecule has 1 aliphatic heterocycles. The second-order valence-corrected chi connectivity index (χ2v) is 18.8. The molecule has 1 N–H and O–H groups in total. The lowest BCUT2D eigenvalue weighted by Gasteiger charge is -2.41. The number of benzene rings is 1. The maximum Gasteiger partial charge on any atom is 0.307 e. The molecule has 1 saturated heterocycles. The summed E-state index contributed by atoms with van der Waals surface area (Å²) in [6.07, 6.45) is 9.67. The van der Waals surface area contributed by atoms with Crippen LogP contribution in [0.3, 0.4) is 0 Å². The van der Waals surface area contributed by atoms with Gasteiger partial charge in [-0.3, -0.25) is 28.9 Å². The highest BCUT2D eigenvalue weighted by Crippen LogP contribution is 2.32. The summed E-state index contributed by atoms with van der Waals surface area (Å²) in [5.74, 6) is -3.41. The van der Waals surface area contributed by atoms with Crippen LogP contribution < -0.4 is 0 Å². The number of carboxylic acid groups (broad SMARTS) is 1. The van der Waals surface area contributed by atoms with Crippen molar-refractivity contribution in [3.05, 3.63) is 35.9 Å². The van der Waals surface area contributed by atoms with Crippen LogP contribution in [0.2, 0.25) is 0 Å². The van der Waals surface area contributed by atoms with E-state index < -0.39 is 42.0 Å². The first-order chi connectivity index (χ1) is 28.9. The molecular weight excluding hydrogens is 771 g/mol. The number of carbonyl (C=O) groups is 5. The summed E-state index contributed by atoms with van der Waals surface area (Å²) in [4.78, 5) is 74.7. The number of ketones is 2. The number of likely N-dealkylation sites (N-methyl/N-ethyl adjacent to an activating group) is 2. The molecule has 0 bridgehead atoms. The smallest absolute Gasteiger partial charge is 0.307 e. The number of likely N-dealkylation sites (tertiary alicyclic amines) is 1. The summed E-state index contributed by atoms with van der Waals surface area (Å²) in [6.45, 7) is 17.7. The fourth-order valence-electron chi connectivity index (χ4n) is 9.71. The Morgan fingerprint density at radius 1 is 0.803 bits per heavy atom. The Bertz CT molecular complexity index is 1470. The van der Waals surface area contributed by atoms with Crippen molar-refractivity contribution < 1.29 is 38.6 Å². The standard InChI is InChI=1S/C50H85N3O8/c1-13-15-16-17-18-19-23-28-51(9)46(35(5)6)43(55)32-40(34(3)4)49(57)52(10)47(36(7)14-2)44(60-11)33-45(56)53-29-24-27-41(53)48(61-12)37(8)42(54)31-39(50(58)59)30-38-25-21-20-22-26-38/h20-22,25-26,34-37,39-41,44,46-48H,13-19,23-24,27-33H2,1-12H3,(H,58,59)/t36-,37-,39+,40-,41-,44+,46-,47-,48+/m0/s1. The average molecular weight is 856 g/mol. The SMILES string of the molecule is CCCCCCCCCN(C)[C@H](C(=O)C[C@H](C(=O)N(C)[C@@H]([C@@H](C)CC)[C@@H](CC(=O)N1CCC[C@H]1[C@H](OC)[C@@H](C)C(=O)C[C@@H](Cc1ccccc1)C(=O)O)OC)C(C)C)C(C)C. The van der Waals surface area contributed by atoms with E-state index in [0.29, 0.717) is 13.0 Å².